The van der Waals surface area contributed by atoms with Gasteiger partial charge in [-0.05, 0) is 42.1 Å². The van der Waals surface area contributed by atoms with E-state index in [4.69, 9.17) is 4.74 Å². The average molecular weight is 317 g/mol. The third-order valence-electron chi connectivity index (χ3n) is 3.20. The summed E-state index contributed by atoms with van der Waals surface area (Å²) in [5.74, 6) is 0.0128. The minimum atomic E-state index is -0.225. The van der Waals surface area contributed by atoms with Crippen LogP contribution in [-0.4, -0.2) is 11.9 Å². The molecule has 22 heavy (non-hydrogen) atoms. The number of carbonyl (C=O) groups is 2. The highest BCUT2D eigenvalue weighted by molar-refractivity contribution is 7.12. The fourth-order valence-electron chi connectivity index (χ4n) is 1.97. The highest BCUT2D eigenvalue weighted by Gasteiger charge is 2.14. The van der Waals surface area contributed by atoms with E-state index in [2.05, 4.69) is 5.32 Å². The number of carbonyl (C=O) groups excluding carboxylic acids is 2. The maximum atomic E-state index is 11.9. The van der Waals surface area contributed by atoms with Crippen LogP contribution in [0.3, 0.4) is 0 Å². The summed E-state index contributed by atoms with van der Waals surface area (Å²) in [6.45, 7) is 3.90. The molecule has 0 bridgehead atoms. The number of hydrogen-bond donors (Lipinski definition) is 1. The molecular formula is C17H19NO3S. The van der Waals surface area contributed by atoms with Gasteiger partial charge in [-0.25, -0.2) is 0 Å². The number of thiophene rings is 1. The van der Waals surface area contributed by atoms with Crippen molar-refractivity contribution in [2.24, 2.45) is 5.92 Å². The number of esters is 1. The predicted octanol–water partition coefficient (Wildman–Crippen LogP) is 4.34. The van der Waals surface area contributed by atoms with Gasteiger partial charge < -0.3 is 10.1 Å². The number of amides is 1. The predicted molar refractivity (Wildman–Crippen MR) is 88.4 cm³/mol. The molecule has 1 heterocycles. The van der Waals surface area contributed by atoms with Gasteiger partial charge in [0.05, 0.1) is 10.8 Å². The van der Waals surface area contributed by atoms with Crippen molar-refractivity contribution in [1.29, 1.82) is 0 Å². The van der Waals surface area contributed by atoms with Crippen LogP contribution in [0.4, 0.5) is 5.69 Å². The lowest BCUT2D eigenvalue weighted by atomic mass is 10.1. The van der Waals surface area contributed by atoms with Gasteiger partial charge in [0.15, 0.2) is 0 Å². The quantitative estimate of drug-likeness (QED) is 0.637. The van der Waals surface area contributed by atoms with Crippen molar-refractivity contribution in [3.63, 3.8) is 0 Å². The van der Waals surface area contributed by atoms with E-state index >= 15 is 0 Å². The van der Waals surface area contributed by atoms with Crippen LogP contribution in [0.15, 0.2) is 41.8 Å². The van der Waals surface area contributed by atoms with Crippen LogP contribution in [0.5, 0.6) is 5.75 Å². The van der Waals surface area contributed by atoms with Crippen molar-refractivity contribution in [3.8, 4) is 5.75 Å². The van der Waals surface area contributed by atoms with E-state index in [1.807, 2.05) is 25.3 Å². The lowest BCUT2D eigenvalue weighted by Gasteiger charge is -2.10. The molecule has 1 aromatic carbocycles. The molecule has 1 aromatic heterocycles. The number of nitrogens with one attached hydrogen (secondary N) is 1. The molecule has 4 nitrogen and oxygen atoms in total. The fraction of sp³-hybridized carbons (Fsp3) is 0.294. The van der Waals surface area contributed by atoms with E-state index in [9.17, 15) is 9.59 Å². The normalized spacial score (nSPS) is 11.7. The van der Waals surface area contributed by atoms with Gasteiger partial charge >= 0.3 is 5.97 Å². The van der Waals surface area contributed by atoms with E-state index in [0.29, 0.717) is 16.3 Å². The second-order valence-electron chi connectivity index (χ2n) is 5.07. The standard InChI is InChI=1S/C17H19NO3S/c1-3-5-12(2)17(20)21-14-9-7-13(8-10-14)18-16(19)15-6-4-11-22-15/h4,6-12H,3,5H2,1-2H3,(H,18,19). The van der Waals surface area contributed by atoms with Gasteiger partial charge in [-0.2, -0.15) is 0 Å². The van der Waals surface area contributed by atoms with Crippen LogP contribution in [0.25, 0.3) is 0 Å². The molecule has 1 N–H and O–H groups in total. The molecule has 1 atom stereocenters. The summed E-state index contributed by atoms with van der Waals surface area (Å²) < 4.78 is 5.31. The molecule has 0 aliphatic heterocycles. The smallest absolute Gasteiger partial charge is 0.314 e. The van der Waals surface area contributed by atoms with Crippen LogP contribution in [0, 0.1) is 5.92 Å². The summed E-state index contributed by atoms with van der Waals surface area (Å²) in [6.07, 6.45) is 1.76. The van der Waals surface area contributed by atoms with E-state index < -0.39 is 0 Å². The van der Waals surface area contributed by atoms with E-state index in [-0.39, 0.29) is 17.8 Å². The summed E-state index contributed by atoms with van der Waals surface area (Å²) >= 11 is 1.39. The Morgan fingerprint density at radius 1 is 1.23 bits per heavy atom. The molecule has 0 aliphatic carbocycles. The Kier molecular flexibility index (Phi) is 5.72. The lowest BCUT2D eigenvalue weighted by Crippen LogP contribution is -2.17. The Morgan fingerprint density at radius 2 is 1.95 bits per heavy atom. The van der Waals surface area contributed by atoms with Gasteiger partial charge in [0.1, 0.15) is 5.75 Å². The number of anilines is 1. The molecule has 2 rings (SSSR count). The third-order valence-corrected chi connectivity index (χ3v) is 4.07. The lowest BCUT2D eigenvalue weighted by molar-refractivity contribution is -0.138. The Balaban J connectivity index is 1.93. The maximum Gasteiger partial charge on any atom is 0.314 e. The summed E-state index contributed by atoms with van der Waals surface area (Å²) in [5, 5.41) is 4.66. The van der Waals surface area contributed by atoms with Crippen LogP contribution in [0.2, 0.25) is 0 Å². The molecule has 0 aliphatic rings. The van der Waals surface area contributed by atoms with Crippen molar-refractivity contribution in [2.45, 2.75) is 26.7 Å². The molecule has 0 fully saturated rings. The monoisotopic (exact) mass is 317 g/mol. The zero-order chi connectivity index (χ0) is 15.9. The second-order valence-corrected chi connectivity index (χ2v) is 6.01. The van der Waals surface area contributed by atoms with E-state index in [1.54, 1.807) is 30.3 Å². The zero-order valence-electron chi connectivity index (χ0n) is 12.7. The van der Waals surface area contributed by atoms with Crippen LogP contribution < -0.4 is 10.1 Å². The Morgan fingerprint density at radius 3 is 2.55 bits per heavy atom. The SMILES string of the molecule is CCCC(C)C(=O)Oc1ccc(NC(=O)c2cccs2)cc1. The number of rotatable bonds is 6. The Hall–Kier alpha value is -2.14. The van der Waals surface area contributed by atoms with Gasteiger partial charge in [0.2, 0.25) is 0 Å². The molecule has 0 spiro atoms. The third kappa shape index (κ3) is 4.43. The molecule has 5 heteroatoms. The topological polar surface area (TPSA) is 55.4 Å². The highest BCUT2D eigenvalue weighted by atomic mass is 32.1. The Labute approximate surface area is 134 Å². The minimum Gasteiger partial charge on any atom is -0.426 e. The summed E-state index contributed by atoms with van der Waals surface area (Å²) in [6, 6.07) is 10.4. The van der Waals surface area contributed by atoms with Gasteiger partial charge in [-0.15, -0.1) is 11.3 Å². The number of hydrogen-bond acceptors (Lipinski definition) is 4. The average Bonchev–Trinajstić information content (AvgIpc) is 3.04. The van der Waals surface area contributed by atoms with Gasteiger partial charge in [-0.3, -0.25) is 9.59 Å². The molecule has 1 unspecified atom stereocenters. The van der Waals surface area contributed by atoms with Crippen molar-refractivity contribution >= 4 is 28.9 Å². The van der Waals surface area contributed by atoms with Gasteiger partial charge in [0.25, 0.3) is 5.91 Å². The first kappa shape index (κ1) is 16.2. The first-order valence-electron chi connectivity index (χ1n) is 7.26. The molecule has 2 aromatic rings. The minimum absolute atomic E-state index is 0.108. The van der Waals surface area contributed by atoms with Crippen LogP contribution >= 0.6 is 11.3 Å². The Bertz CT molecular complexity index is 620. The molecule has 0 saturated carbocycles. The summed E-state index contributed by atoms with van der Waals surface area (Å²) in [5.41, 5.74) is 0.666. The second kappa shape index (κ2) is 7.75. The number of benzene rings is 1. The van der Waals surface area contributed by atoms with E-state index in [1.165, 1.54) is 11.3 Å². The largest absolute Gasteiger partial charge is 0.426 e. The van der Waals surface area contributed by atoms with Crippen molar-refractivity contribution in [3.05, 3.63) is 46.7 Å². The fourth-order valence-corrected chi connectivity index (χ4v) is 2.59. The van der Waals surface area contributed by atoms with E-state index in [0.717, 1.165) is 12.8 Å². The number of ether oxygens (including phenoxy) is 1. The van der Waals surface area contributed by atoms with Crippen LogP contribution in [0.1, 0.15) is 36.4 Å². The molecule has 0 saturated heterocycles. The molecule has 116 valence electrons. The zero-order valence-corrected chi connectivity index (χ0v) is 13.5. The van der Waals surface area contributed by atoms with Gasteiger partial charge in [0, 0.05) is 5.69 Å². The van der Waals surface area contributed by atoms with Crippen LogP contribution in [-0.2, 0) is 4.79 Å². The summed E-state index contributed by atoms with van der Waals surface area (Å²) in [7, 11) is 0. The van der Waals surface area contributed by atoms with Crippen molar-refractivity contribution < 1.29 is 14.3 Å². The first-order chi connectivity index (χ1) is 10.6. The van der Waals surface area contributed by atoms with Gasteiger partial charge in [-0.1, -0.05) is 26.3 Å². The molecule has 1 amide bonds. The summed E-state index contributed by atoms with van der Waals surface area (Å²) in [4.78, 5) is 24.4. The van der Waals surface area contributed by atoms with Crippen molar-refractivity contribution in [2.75, 3.05) is 5.32 Å². The molecular weight excluding hydrogens is 298 g/mol. The first-order valence-corrected chi connectivity index (χ1v) is 8.14. The maximum absolute atomic E-state index is 11.9. The molecule has 0 radical (unpaired) electrons. The van der Waals surface area contributed by atoms with Crippen molar-refractivity contribution in [1.82, 2.24) is 0 Å². The highest BCUT2D eigenvalue weighted by Crippen LogP contribution is 2.19.